The quantitative estimate of drug-likeness (QED) is 0.653. The molecule has 0 radical (unpaired) electrons. The molecule has 3 aliphatic rings. The van der Waals surface area contributed by atoms with Crippen molar-refractivity contribution in [1.82, 2.24) is 4.90 Å². The lowest BCUT2D eigenvalue weighted by atomic mass is 9.65. The maximum atomic E-state index is 13.3. The third kappa shape index (κ3) is 2.84. The molecular formula is C24H28N2O. The summed E-state index contributed by atoms with van der Waals surface area (Å²) in [4.78, 5) is 17.4. The van der Waals surface area contributed by atoms with E-state index in [1.54, 1.807) is 5.56 Å². The van der Waals surface area contributed by atoms with Gasteiger partial charge in [-0.25, -0.2) is 4.79 Å². The molecule has 1 fully saturated rings. The first kappa shape index (κ1) is 16.9. The molecule has 1 saturated heterocycles. The average molecular weight is 361 g/mol. The predicted octanol–water partition coefficient (Wildman–Crippen LogP) is 4.93. The van der Waals surface area contributed by atoms with Gasteiger partial charge in [-0.3, -0.25) is 4.90 Å². The zero-order chi connectivity index (χ0) is 18.3. The standard InChI is InChI=1S/C24H28N2O/c27-23(26-16-6-10-20-8-2-4-12-22(20)26)25-17-14-24(15-18-25)13-5-9-19-7-1-3-11-21(19)24/h1-4,7-8,11-12H,5-6,9-10,13-18H2. The van der Waals surface area contributed by atoms with Crippen molar-refractivity contribution in [3.63, 3.8) is 0 Å². The van der Waals surface area contributed by atoms with E-state index < -0.39 is 0 Å². The second-order valence-electron chi connectivity index (χ2n) is 8.44. The van der Waals surface area contributed by atoms with E-state index in [1.807, 2.05) is 4.90 Å². The van der Waals surface area contributed by atoms with E-state index in [2.05, 4.69) is 53.4 Å². The number of hydrogen-bond acceptors (Lipinski definition) is 1. The van der Waals surface area contributed by atoms with E-state index in [0.717, 1.165) is 51.0 Å². The van der Waals surface area contributed by atoms with Crippen LogP contribution >= 0.6 is 0 Å². The van der Waals surface area contributed by atoms with Gasteiger partial charge in [-0.05, 0) is 73.1 Å². The molecule has 0 unspecified atom stereocenters. The summed E-state index contributed by atoms with van der Waals surface area (Å²) >= 11 is 0. The third-order valence-corrected chi connectivity index (χ3v) is 7.02. The highest BCUT2D eigenvalue weighted by molar-refractivity contribution is 5.93. The maximum Gasteiger partial charge on any atom is 0.324 e. The Morgan fingerprint density at radius 1 is 0.778 bits per heavy atom. The van der Waals surface area contributed by atoms with Crippen LogP contribution in [0.3, 0.4) is 0 Å². The molecule has 1 aliphatic carbocycles. The molecule has 3 nitrogen and oxygen atoms in total. The highest BCUT2D eigenvalue weighted by Gasteiger charge is 2.41. The molecular weight excluding hydrogens is 332 g/mol. The second-order valence-corrected chi connectivity index (χ2v) is 8.44. The van der Waals surface area contributed by atoms with Crippen LogP contribution in [-0.4, -0.2) is 30.6 Å². The van der Waals surface area contributed by atoms with Gasteiger partial charge >= 0.3 is 6.03 Å². The van der Waals surface area contributed by atoms with E-state index in [4.69, 9.17) is 0 Å². The number of urea groups is 1. The molecule has 0 atom stereocenters. The number of carbonyl (C=O) groups is 1. The predicted molar refractivity (Wildman–Crippen MR) is 109 cm³/mol. The fourth-order valence-corrected chi connectivity index (χ4v) is 5.56. The number of para-hydroxylation sites is 1. The molecule has 140 valence electrons. The lowest BCUT2D eigenvalue weighted by Crippen LogP contribution is -2.51. The number of nitrogens with zero attached hydrogens (tertiary/aromatic N) is 2. The van der Waals surface area contributed by atoms with Crippen LogP contribution in [0.2, 0.25) is 0 Å². The Kier molecular flexibility index (Phi) is 4.18. The van der Waals surface area contributed by atoms with Crippen LogP contribution in [-0.2, 0) is 18.3 Å². The number of hydrogen-bond donors (Lipinski definition) is 0. The van der Waals surface area contributed by atoms with Crippen LogP contribution in [0.25, 0.3) is 0 Å². The number of rotatable bonds is 0. The van der Waals surface area contributed by atoms with Gasteiger partial charge in [-0.15, -0.1) is 0 Å². The van der Waals surface area contributed by atoms with Crippen molar-refractivity contribution < 1.29 is 4.79 Å². The van der Waals surface area contributed by atoms with Gasteiger partial charge in [0.1, 0.15) is 0 Å². The molecule has 5 rings (SSSR count). The third-order valence-electron chi connectivity index (χ3n) is 7.02. The largest absolute Gasteiger partial charge is 0.324 e. The summed E-state index contributed by atoms with van der Waals surface area (Å²) in [6.07, 6.45) is 8.12. The van der Waals surface area contributed by atoms with E-state index in [1.165, 1.54) is 30.4 Å². The Balaban J connectivity index is 1.34. The molecule has 2 aromatic rings. The van der Waals surface area contributed by atoms with E-state index in [9.17, 15) is 4.79 Å². The Hall–Kier alpha value is -2.29. The van der Waals surface area contributed by atoms with Gasteiger partial charge in [0.25, 0.3) is 0 Å². The van der Waals surface area contributed by atoms with Crippen LogP contribution in [0.1, 0.15) is 48.8 Å². The first-order valence-electron chi connectivity index (χ1n) is 10.5. The van der Waals surface area contributed by atoms with Crippen molar-refractivity contribution in [2.24, 2.45) is 0 Å². The summed E-state index contributed by atoms with van der Waals surface area (Å²) in [6.45, 7) is 2.61. The zero-order valence-electron chi connectivity index (χ0n) is 16.0. The number of aryl methyl sites for hydroxylation is 2. The number of amides is 2. The summed E-state index contributed by atoms with van der Waals surface area (Å²) in [5.74, 6) is 0. The highest BCUT2D eigenvalue weighted by atomic mass is 16.2. The van der Waals surface area contributed by atoms with Crippen LogP contribution in [0.5, 0.6) is 0 Å². The molecule has 27 heavy (non-hydrogen) atoms. The number of fused-ring (bicyclic) bond motifs is 3. The average Bonchev–Trinajstić information content (AvgIpc) is 2.74. The normalized spacial score (nSPS) is 20.9. The summed E-state index contributed by atoms with van der Waals surface area (Å²) in [6, 6.07) is 17.6. The van der Waals surface area contributed by atoms with Gasteiger partial charge in [-0.2, -0.15) is 0 Å². The number of likely N-dealkylation sites (tertiary alicyclic amines) is 1. The van der Waals surface area contributed by atoms with Crippen molar-refractivity contribution in [3.8, 4) is 0 Å². The van der Waals surface area contributed by atoms with Crippen molar-refractivity contribution in [1.29, 1.82) is 0 Å². The molecule has 0 saturated carbocycles. The molecule has 0 N–H and O–H groups in total. The Labute approximate surface area is 162 Å². The van der Waals surface area contributed by atoms with Crippen LogP contribution in [0, 0.1) is 0 Å². The van der Waals surface area contributed by atoms with E-state index in [0.29, 0.717) is 5.41 Å². The molecule has 2 heterocycles. The highest BCUT2D eigenvalue weighted by Crippen LogP contribution is 2.45. The summed E-state index contributed by atoms with van der Waals surface area (Å²) in [5.41, 5.74) is 5.83. The fourth-order valence-electron chi connectivity index (χ4n) is 5.56. The van der Waals surface area contributed by atoms with E-state index in [-0.39, 0.29) is 6.03 Å². The maximum absolute atomic E-state index is 13.3. The molecule has 2 aromatic carbocycles. The van der Waals surface area contributed by atoms with Crippen molar-refractivity contribution in [2.75, 3.05) is 24.5 Å². The SMILES string of the molecule is O=C(N1CCC2(CCCc3ccccc32)CC1)N1CCCc2ccccc21. The lowest BCUT2D eigenvalue weighted by molar-refractivity contribution is 0.153. The van der Waals surface area contributed by atoms with Crippen molar-refractivity contribution in [3.05, 3.63) is 65.2 Å². The van der Waals surface area contributed by atoms with Gasteiger partial charge in [0.15, 0.2) is 0 Å². The molecule has 1 spiro atoms. The smallest absolute Gasteiger partial charge is 0.324 e. The molecule has 0 aromatic heterocycles. The van der Waals surface area contributed by atoms with Gasteiger partial charge in [0, 0.05) is 25.3 Å². The van der Waals surface area contributed by atoms with Crippen LogP contribution < -0.4 is 4.90 Å². The monoisotopic (exact) mass is 360 g/mol. The minimum Gasteiger partial charge on any atom is -0.324 e. The van der Waals surface area contributed by atoms with Gasteiger partial charge in [-0.1, -0.05) is 42.5 Å². The molecule has 2 aliphatic heterocycles. The Bertz CT molecular complexity index is 851. The lowest BCUT2D eigenvalue weighted by Gasteiger charge is -2.46. The second kappa shape index (κ2) is 6.70. The zero-order valence-corrected chi connectivity index (χ0v) is 16.0. The van der Waals surface area contributed by atoms with Crippen LogP contribution in [0.4, 0.5) is 10.5 Å². The number of carbonyl (C=O) groups excluding carboxylic acids is 1. The number of benzene rings is 2. The summed E-state index contributed by atoms with van der Waals surface area (Å²) < 4.78 is 0. The first-order valence-corrected chi connectivity index (χ1v) is 10.5. The first-order chi connectivity index (χ1) is 13.3. The number of piperidine rings is 1. The van der Waals surface area contributed by atoms with Crippen molar-refractivity contribution >= 4 is 11.7 Å². The molecule has 3 heteroatoms. The summed E-state index contributed by atoms with van der Waals surface area (Å²) in [5, 5.41) is 0. The van der Waals surface area contributed by atoms with Crippen molar-refractivity contribution in [2.45, 2.75) is 50.4 Å². The molecule has 0 bridgehead atoms. The minimum atomic E-state index is 0.209. The summed E-state index contributed by atoms with van der Waals surface area (Å²) in [7, 11) is 0. The van der Waals surface area contributed by atoms with Gasteiger partial charge in [0.05, 0.1) is 0 Å². The minimum absolute atomic E-state index is 0.209. The van der Waals surface area contributed by atoms with Crippen LogP contribution in [0.15, 0.2) is 48.5 Å². The molecule has 2 amide bonds. The Morgan fingerprint density at radius 2 is 1.48 bits per heavy atom. The van der Waals surface area contributed by atoms with E-state index >= 15 is 0 Å². The van der Waals surface area contributed by atoms with Gasteiger partial charge in [0.2, 0.25) is 0 Å². The number of anilines is 1. The Morgan fingerprint density at radius 3 is 2.33 bits per heavy atom. The van der Waals surface area contributed by atoms with Gasteiger partial charge < -0.3 is 4.90 Å². The topological polar surface area (TPSA) is 23.6 Å². The fraction of sp³-hybridized carbons (Fsp3) is 0.458.